The quantitative estimate of drug-likeness (QED) is 0.470. The lowest BCUT2D eigenvalue weighted by Crippen LogP contribution is -2.04. The molecule has 0 unspecified atom stereocenters. The van der Waals surface area contributed by atoms with Gasteiger partial charge in [0.1, 0.15) is 5.69 Å². The number of methoxy groups -OCH3 is 1. The van der Waals surface area contributed by atoms with Crippen molar-refractivity contribution in [1.82, 2.24) is 4.98 Å². The van der Waals surface area contributed by atoms with E-state index in [1.54, 1.807) is 12.1 Å². The molecule has 0 fully saturated rings. The van der Waals surface area contributed by atoms with E-state index in [0.29, 0.717) is 5.69 Å². The van der Waals surface area contributed by atoms with Gasteiger partial charge in [0.2, 0.25) is 0 Å². The molecule has 0 N–H and O–H groups in total. The van der Waals surface area contributed by atoms with Crippen LogP contribution >= 0.6 is 22.6 Å². The fourth-order valence-corrected chi connectivity index (χ4v) is 1.20. The maximum atomic E-state index is 11.0. The number of alkyl halides is 1. The Kier molecular flexibility index (Phi) is 3.46. The third-order valence-corrected chi connectivity index (χ3v) is 2.12. The zero-order valence-corrected chi connectivity index (χ0v) is 8.74. The third kappa shape index (κ3) is 2.17. The molecule has 0 aliphatic carbocycles. The van der Waals surface area contributed by atoms with Crippen molar-refractivity contribution in [2.45, 2.75) is 4.43 Å². The summed E-state index contributed by atoms with van der Waals surface area (Å²) in [5.74, 6) is -0.387. The summed E-state index contributed by atoms with van der Waals surface area (Å²) < 4.78 is 5.33. The van der Waals surface area contributed by atoms with E-state index in [0.717, 1.165) is 10.1 Å². The zero-order valence-electron chi connectivity index (χ0n) is 6.58. The molecular formula is C8H8INO2. The number of carbonyl (C=O) groups excluding carboxylic acids is 1. The van der Waals surface area contributed by atoms with Crippen LogP contribution in [0.4, 0.5) is 0 Å². The molecule has 64 valence electrons. The number of ether oxygens (including phenoxy) is 1. The van der Waals surface area contributed by atoms with Crippen LogP contribution in [-0.2, 0) is 9.16 Å². The van der Waals surface area contributed by atoms with Gasteiger partial charge in [-0.15, -0.1) is 0 Å². The topological polar surface area (TPSA) is 39.2 Å². The maximum Gasteiger partial charge on any atom is 0.356 e. The van der Waals surface area contributed by atoms with Crippen LogP contribution in [0.15, 0.2) is 18.2 Å². The van der Waals surface area contributed by atoms with Gasteiger partial charge in [-0.25, -0.2) is 9.78 Å². The second-order valence-corrected chi connectivity index (χ2v) is 2.90. The molecule has 0 spiro atoms. The number of esters is 1. The Labute approximate surface area is 84.3 Å². The third-order valence-electron chi connectivity index (χ3n) is 1.34. The molecule has 0 saturated carbocycles. The molecule has 1 heterocycles. The maximum absolute atomic E-state index is 11.0. The fourth-order valence-electron chi connectivity index (χ4n) is 0.772. The normalized spacial score (nSPS) is 9.50. The molecule has 1 aromatic rings. The molecule has 0 aliphatic rings. The van der Waals surface area contributed by atoms with Gasteiger partial charge in [-0.3, -0.25) is 0 Å². The zero-order chi connectivity index (χ0) is 8.97. The lowest BCUT2D eigenvalue weighted by atomic mass is 10.3. The second kappa shape index (κ2) is 4.39. The Bertz CT molecular complexity index is 288. The SMILES string of the molecule is COC(=O)c1cccc(CI)n1. The Morgan fingerprint density at radius 2 is 2.42 bits per heavy atom. The number of hydrogen-bond acceptors (Lipinski definition) is 3. The van der Waals surface area contributed by atoms with Gasteiger partial charge in [0.15, 0.2) is 0 Å². The molecule has 12 heavy (non-hydrogen) atoms. The summed E-state index contributed by atoms with van der Waals surface area (Å²) in [6.45, 7) is 0. The van der Waals surface area contributed by atoms with Crippen molar-refractivity contribution >= 4 is 28.6 Å². The van der Waals surface area contributed by atoms with Crippen molar-refractivity contribution < 1.29 is 9.53 Å². The summed E-state index contributed by atoms with van der Waals surface area (Å²) in [7, 11) is 1.35. The minimum absolute atomic E-state index is 0.367. The molecule has 0 atom stereocenters. The Balaban J connectivity index is 2.93. The summed E-state index contributed by atoms with van der Waals surface area (Å²) in [6, 6.07) is 5.31. The van der Waals surface area contributed by atoms with Crippen LogP contribution in [0.1, 0.15) is 16.2 Å². The molecule has 4 heteroatoms. The van der Waals surface area contributed by atoms with E-state index in [1.807, 2.05) is 6.07 Å². The van der Waals surface area contributed by atoms with Crippen molar-refractivity contribution in [3.8, 4) is 0 Å². The van der Waals surface area contributed by atoms with Crippen molar-refractivity contribution in [1.29, 1.82) is 0 Å². The average Bonchev–Trinajstić information content (AvgIpc) is 2.17. The summed E-state index contributed by atoms with van der Waals surface area (Å²) in [5, 5.41) is 0. The molecule has 0 aromatic carbocycles. The van der Waals surface area contributed by atoms with E-state index in [9.17, 15) is 4.79 Å². The lowest BCUT2D eigenvalue weighted by Gasteiger charge is -1.99. The van der Waals surface area contributed by atoms with Crippen molar-refractivity contribution in [2.75, 3.05) is 7.11 Å². The molecule has 0 amide bonds. The summed E-state index contributed by atoms with van der Waals surface area (Å²) in [4.78, 5) is 15.1. The van der Waals surface area contributed by atoms with E-state index in [1.165, 1.54) is 7.11 Å². The summed E-state index contributed by atoms with van der Waals surface area (Å²) >= 11 is 2.19. The number of aromatic nitrogens is 1. The summed E-state index contributed by atoms with van der Waals surface area (Å²) in [5.41, 5.74) is 1.25. The minimum Gasteiger partial charge on any atom is -0.464 e. The predicted octanol–water partition coefficient (Wildman–Crippen LogP) is 1.80. The second-order valence-electron chi connectivity index (χ2n) is 2.14. The molecular weight excluding hydrogens is 269 g/mol. The van der Waals surface area contributed by atoms with Crippen molar-refractivity contribution in [3.63, 3.8) is 0 Å². The van der Waals surface area contributed by atoms with Gasteiger partial charge < -0.3 is 4.74 Å². The van der Waals surface area contributed by atoms with Crippen LogP contribution in [0.3, 0.4) is 0 Å². The van der Waals surface area contributed by atoms with Crippen molar-refractivity contribution in [2.24, 2.45) is 0 Å². The Morgan fingerprint density at radius 1 is 1.67 bits per heavy atom. The van der Waals surface area contributed by atoms with E-state index < -0.39 is 0 Å². The van der Waals surface area contributed by atoms with Gasteiger partial charge in [-0.2, -0.15) is 0 Å². The minimum atomic E-state index is -0.387. The highest BCUT2D eigenvalue weighted by molar-refractivity contribution is 14.1. The Hall–Kier alpha value is -0.650. The Morgan fingerprint density at radius 3 is 3.00 bits per heavy atom. The van der Waals surface area contributed by atoms with Crippen LogP contribution in [0.2, 0.25) is 0 Å². The first kappa shape index (κ1) is 9.44. The predicted molar refractivity (Wildman–Crippen MR) is 53.3 cm³/mol. The lowest BCUT2D eigenvalue weighted by molar-refractivity contribution is 0.0594. The van der Waals surface area contributed by atoms with Crippen LogP contribution in [0, 0.1) is 0 Å². The molecule has 3 nitrogen and oxygen atoms in total. The number of halogens is 1. The van der Waals surface area contributed by atoms with Gasteiger partial charge in [0, 0.05) is 4.43 Å². The number of carbonyl (C=O) groups is 1. The standard InChI is InChI=1S/C8H8INO2/c1-12-8(11)7-4-2-3-6(5-9)10-7/h2-4H,5H2,1H3. The van der Waals surface area contributed by atoms with Crippen LogP contribution in [-0.4, -0.2) is 18.1 Å². The van der Waals surface area contributed by atoms with Gasteiger partial charge in [0.05, 0.1) is 12.8 Å². The first-order chi connectivity index (χ1) is 5.77. The average molecular weight is 277 g/mol. The highest BCUT2D eigenvalue weighted by Crippen LogP contribution is 2.04. The molecule has 0 radical (unpaired) electrons. The van der Waals surface area contributed by atoms with Gasteiger partial charge in [-0.05, 0) is 12.1 Å². The smallest absolute Gasteiger partial charge is 0.356 e. The van der Waals surface area contributed by atoms with Gasteiger partial charge >= 0.3 is 5.97 Å². The molecule has 0 aliphatic heterocycles. The monoisotopic (exact) mass is 277 g/mol. The van der Waals surface area contributed by atoms with E-state index >= 15 is 0 Å². The molecule has 0 saturated heterocycles. The largest absolute Gasteiger partial charge is 0.464 e. The highest BCUT2D eigenvalue weighted by Gasteiger charge is 2.06. The molecule has 0 bridgehead atoms. The highest BCUT2D eigenvalue weighted by atomic mass is 127. The van der Waals surface area contributed by atoms with E-state index in [-0.39, 0.29) is 5.97 Å². The first-order valence-electron chi connectivity index (χ1n) is 3.38. The van der Waals surface area contributed by atoms with E-state index in [2.05, 4.69) is 32.3 Å². The number of nitrogens with zero attached hydrogens (tertiary/aromatic N) is 1. The summed E-state index contributed by atoms with van der Waals surface area (Å²) in [6.07, 6.45) is 0. The molecule has 1 rings (SSSR count). The first-order valence-corrected chi connectivity index (χ1v) is 4.90. The van der Waals surface area contributed by atoms with Crippen LogP contribution in [0.25, 0.3) is 0 Å². The van der Waals surface area contributed by atoms with E-state index in [4.69, 9.17) is 0 Å². The number of rotatable bonds is 2. The van der Waals surface area contributed by atoms with Crippen molar-refractivity contribution in [3.05, 3.63) is 29.6 Å². The molecule has 1 aromatic heterocycles. The van der Waals surface area contributed by atoms with Gasteiger partial charge in [0.25, 0.3) is 0 Å². The van der Waals surface area contributed by atoms with Crippen LogP contribution in [0.5, 0.6) is 0 Å². The van der Waals surface area contributed by atoms with Gasteiger partial charge in [-0.1, -0.05) is 28.7 Å². The van der Waals surface area contributed by atoms with Crippen LogP contribution < -0.4 is 0 Å². The number of pyridine rings is 1. The number of hydrogen-bond donors (Lipinski definition) is 0. The fraction of sp³-hybridized carbons (Fsp3) is 0.250.